The molecule has 0 bridgehead atoms. The molecule has 122 valence electrons. The van der Waals surface area contributed by atoms with Crippen LogP contribution < -0.4 is 14.8 Å². The molecule has 0 aliphatic carbocycles. The van der Waals surface area contributed by atoms with Crippen LogP contribution in [0.5, 0.6) is 11.5 Å². The zero-order valence-electron chi connectivity index (χ0n) is 13.8. The molecule has 0 spiro atoms. The van der Waals surface area contributed by atoms with Crippen molar-refractivity contribution in [2.24, 2.45) is 0 Å². The van der Waals surface area contributed by atoms with Gasteiger partial charge in [0, 0.05) is 0 Å². The molecule has 0 saturated carbocycles. The molecule has 0 heterocycles. The highest BCUT2D eigenvalue weighted by Gasteiger charge is 2.29. The zero-order chi connectivity index (χ0) is 16.7. The lowest BCUT2D eigenvalue weighted by Crippen LogP contribution is -2.41. The van der Waals surface area contributed by atoms with Crippen LogP contribution in [-0.2, 0) is 10.2 Å². The van der Waals surface area contributed by atoms with Crippen LogP contribution in [0.15, 0.2) is 54.6 Å². The molecule has 0 unspecified atom stereocenters. The summed E-state index contributed by atoms with van der Waals surface area (Å²) in [4.78, 5) is 12.4. The number of carbonyl (C=O) groups is 1. The Morgan fingerprint density at radius 2 is 1.61 bits per heavy atom. The van der Waals surface area contributed by atoms with E-state index in [2.05, 4.69) is 5.32 Å². The number of nitrogens with one attached hydrogen (secondary N) is 1. The number of ether oxygens (including phenoxy) is 2. The first-order valence-corrected chi connectivity index (χ1v) is 7.64. The van der Waals surface area contributed by atoms with E-state index < -0.39 is 5.41 Å². The van der Waals surface area contributed by atoms with Crippen molar-refractivity contribution >= 4 is 5.91 Å². The Labute approximate surface area is 137 Å². The van der Waals surface area contributed by atoms with Crippen molar-refractivity contribution in [1.29, 1.82) is 0 Å². The zero-order valence-corrected chi connectivity index (χ0v) is 13.8. The van der Waals surface area contributed by atoms with Gasteiger partial charge in [0.2, 0.25) is 5.91 Å². The van der Waals surface area contributed by atoms with Crippen LogP contribution in [0.25, 0.3) is 0 Å². The molecule has 23 heavy (non-hydrogen) atoms. The van der Waals surface area contributed by atoms with Crippen molar-refractivity contribution in [2.75, 3.05) is 20.3 Å². The summed E-state index contributed by atoms with van der Waals surface area (Å²) in [5.41, 5.74) is 0.426. The topological polar surface area (TPSA) is 47.6 Å². The fourth-order valence-corrected chi connectivity index (χ4v) is 2.21. The van der Waals surface area contributed by atoms with E-state index in [1.54, 1.807) is 7.11 Å². The Hall–Kier alpha value is -2.49. The third-order valence-electron chi connectivity index (χ3n) is 3.78. The van der Waals surface area contributed by atoms with Gasteiger partial charge >= 0.3 is 0 Å². The second-order valence-electron chi connectivity index (χ2n) is 5.77. The average Bonchev–Trinajstić information content (AvgIpc) is 2.59. The second-order valence-corrected chi connectivity index (χ2v) is 5.77. The smallest absolute Gasteiger partial charge is 0.230 e. The van der Waals surface area contributed by atoms with Crippen LogP contribution in [0.4, 0.5) is 0 Å². The van der Waals surface area contributed by atoms with Gasteiger partial charge in [-0.2, -0.15) is 0 Å². The second kappa shape index (κ2) is 7.68. The van der Waals surface area contributed by atoms with Gasteiger partial charge in [-0.3, -0.25) is 4.79 Å². The van der Waals surface area contributed by atoms with Gasteiger partial charge in [-0.1, -0.05) is 30.3 Å². The molecule has 0 atom stereocenters. The van der Waals surface area contributed by atoms with Crippen molar-refractivity contribution < 1.29 is 14.3 Å². The number of hydrogen-bond donors (Lipinski definition) is 1. The third-order valence-corrected chi connectivity index (χ3v) is 3.78. The number of hydrogen-bond acceptors (Lipinski definition) is 3. The van der Waals surface area contributed by atoms with Crippen molar-refractivity contribution in [3.63, 3.8) is 0 Å². The largest absolute Gasteiger partial charge is 0.497 e. The number of methoxy groups -OCH3 is 1. The van der Waals surface area contributed by atoms with E-state index in [9.17, 15) is 4.79 Å². The Kier molecular flexibility index (Phi) is 5.63. The maximum atomic E-state index is 12.4. The molecular weight excluding hydrogens is 290 g/mol. The number of rotatable bonds is 7. The third kappa shape index (κ3) is 4.49. The molecule has 4 nitrogen and oxygen atoms in total. The van der Waals surface area contributed by atoms with Crippen LogP contribution in [-0.4, -0.2) is 26.2 Å². The highest BCUT2D eigenvalue weighted by molar-refractivity contribution is 5.87. The normalized spacial score (nSPS) is 10.9. The monoisotopic (exact) mass is 313 g/mol. The quantitative estimate of drug-likeness (QED) is 0.799. The molecule has 0 radical (unpaired) electrons. The summed E-state index contributed by atoms with van der Waals surface area (Å²) < 4.78 is 10.7. The molecule has 0 saturated heterocycles. The lowest BCUT2D eigenvalue weighted by atomic mass is 9.84. The first kappa shape index (κ1) is 16.9. The Balaban J connectivity index is 1.80. The van der Waals surface area contributed by atoms with Gasteiger partial charge in [0.05, 0.1) is 19.1 Å². The minimum atomic E-state index is -0.568. The number of benzene rings is 2. The maximum Gasteiger partial charge on any atom is 0.230 e. The van der Waals surface area contributed by atoms with Gasteiger partial charge in [0.1, 0.15) is 18.1 Å². The molecule has 2 aromatic rings. The standard InChI is InChI=1S/C19H23NO3/c1-19(2,15-7-5-4-6-8-15)18(21)20-13-14-23-17-11-9-16(22-3)10-12-17/h4-12H,13-14H2,1-3H3,(H,20,21). The molecule has 1 N–H and O–H groups in total. The van der Waals surface area contributed by atoms with Crippen molar-refractivity contribution in [3.05, 3.63) is 60.2 Å². The SMILES string of the molecule is COc1ccc(OCCNC(=O)C(C)(C)c2ccccc2)cc1. The Morgan fingerprint density at radius 1 is 1.00 bits per heavy atom. The summed E-state index contributed by atoms with van der Waals surface area (Å²) in [6.45, 7) is 4.72. The van der Waals surface area contributed by atoms with E-state index in [4.69, 9.17) is 9.47 Å². The molecule has 2 aromatic carbocycles. The van der Waals surface area contributed by atoms with Gasteiger partial charge in [0.15, 0.2) is 0 Å². The minimum Gasteiger partial charge on any atom is -0.497 e. The van der Waals surface area contributed by atoms with Gasteiger partial charge in [-0.25, -0.2) is 0 Å². The van der Waals surface area contributed by atoms with Crippen LogP contribution in [0.1, 0.15) is 19.4 Å². The first-order valence-electron chi connectivity index (χ1n) is 7.64. The fraction of sp³-hybridized carbons (Fsp3) is 0.316. The maximum absolute atomic E-state index is 12.4. The van der Waals surface area contributed by atoms with Gasteiger partial charge in [-0.15, -0.1) is 0 Å². The number of carbonyl (C=O) groups excluding carboxylic acids is 1. The highest BCUT2D eigenvalue weighted by atomic mass is 16.5. The van der Waals surface area contributed by atoms with Crippen LogP contribution in [0.2, 0.25) is 0 Å². The molecule has 1 amide bonds. The molecule has 0 aromatic heterocycles. The van der Waals surface area contributed by atoms with E-state index in [1.165, 1.54) is 0 Å². The van der Waals surface area contributed by atoms with Crippen molar-refractivity contribution in [2.45, 2.75) is 19.3 Å². The van der Waals surface area contributed by atoms with Crippen LogP contribution in [0, 0.1) is 0 Å². The van der Waals surface area contributed by atoms with Crippen LogP contribution >= 0.6 is 0 Å². The lowest BCUT2D eigenvalue weighted by Gasteiger charge is -2.24. The summed E-state index contributed by atoms with van der Waals surface area (Å²) in [5, 5.41) is 2.93. The predicted molar refractivity (Wildman–Crippen MR) is 91.0 cm³/mol. The molecule has 0 aliphatic rings. The number of amides is 1. The summed E-state index contributed by atoms with van der Waals surface area (Å²) in [6, 6.07) is 17.1. The van der Waals surface area contributed by atoms with E-state index in [0.29, 0.717) is 13.2 Å². The first-order chi connectivity index (χ1) is 11.0. The summed E-state index contributed by atoms with van der Waals surface area (Å²) in [6.07, 6.45) is 0. The average molecular weight is 313 g/mol. The lowest BCUT2D eigenvalue weighted by molar-refractivity contribution is -0.125. The summed E-state index contributed by atoms with van der Waals surface area (Å²) in [5.74, 6) is 1.53. The molecule has 0 aliphatic heterocycles. The predicted octanol–water partition coefficient (Wildman–Crippen LogP) is 3.17. The molecular formula is C19H23NO3. The van der Waals surface area contributed by atoms with Crippen molar-refractivity contribution in [1.82, 2.24) is 5.32 Å². The van der Waals surface area contributed by atoms with Gasteiger partial charge in [0.25, 0.3) is 0 Å². The molecule has 2 rings (SSSR count). The Bertz CT molecular complexity index is 621. The van der Waals surface area contributed by atoms with E-state index >= 15 is 0 Å². The van der Waals surface area contributed by atoms with Crippen LogP contribution in [0.3, 0.4) is 0 Å². The van der Waals surface area contributed by atoms with E-state index in [1.807, 2.05) is 68.4 Å². The molecule has 0 fully saturated rings. The Morgan fingerprint density at radius 3 is 2.22 bits per heavy atom. The van der Waals surface area contributed by atoms with E-state index in [-0.39, 0.29) is 5.91 Å². The van der Waals surface area contributed by atoms with Gasteiger partial charge < -0.3 is 14.8 Å². The van der Waals surface area contributed by atoms with Crippen molar-refractivity contribution in [3.8, 4) is 11.5 Å². The summed E-state index contributed by atoms with van der Waals surface area (Å²) in [7, 11) is 1.62. The molecule has 4 heteroatoms. The minimum absolute atomic E-state index is 0.0120. The summed E-state index contributed by atoms with van der Waals surface area (Å²) >= 11 is 0. The fourth-order valence-electron chi connectivity index (χ4n) is 2.21. The van der Waals surface area contributed by atoms with Gasteiger partial charge in [-0.05, 0) is 43.7 Å². The van der Waals surface area contributed by atoms with E-state index in [0.717, 1.165) is 17.1 Å². The highest BCUT2D eigenvalue weighted by Crippen LogP contribution is 2.22.